The Morgan fingerprint density at radius 1 is 0.971 bits per heavy atom. The molecule has 178 valence electrons. The number of anilines is 3. The SMILES string of the molecule is Cc1cc(N2C[C@H]3CC[C@@H](C2)C3Cc2nc3n(n2)CCCCN3c2ccc(F)c(F)c2)ncn1. The van der Waals surface area contributed by atoms with Crippen molar-refractivity contribution in [2.45, 2.75) is 45.6 Å². The summed E-state index contributed by atoms with van der Waals surface area (Å²) in [5.74, 6) is 2.70. The van der Waals surface area contributed by atoms with Gasteiger partial charge in [0.05, 0.1) is 0 Å². The van der Waals surface area contributed by atoms with Crippen LogP contribution >= 0.6 is 0 Å². The minimum Gasteiger partial charge on any atom is -0.356 e. The molecule has 7 nitrogen and oxygen atoms in total. The maximum atomic E-state index is 13.9. The second-order valence-electron chi connectivity index (χ2n) is 9.90. The first-order chi connectivity index (χ1) is 16.5. The fraction of sp³-hybridized carbons (Fsp3) is 0.520. The molecule has 34 heavy (non-hydrogen) atoms. The zero-order valence-corrected chi connectivity index (χ0v) is 19.4. The van der Waals surface area contributed by atoms with Crippen LogP contribution in [0.2, 0.25) is 0 Å². The highest BCUT2D eigenvalue weighted by molar-refractivity contribution is 5.57. The van der Waals surface area contributed by atoms with Crippen LogP contribution in [-0.4, -0.2) is 44.4 Å². The number of nitrogens with zero attached hydrogens (tertiary/aromatic N) is 7. The predicted molar refractivity (Wildman–Crippen MR) is 125 cm³/mol. The molecule has 1 unspecified atom stereocenters. The molecule has 0 N–H and O–H groups in total. The molecule has 1 saturated carbocycles. The third-order valence-corrected chi connectivity index (χ3v) is 7.71. The van der Waals surface area contributed by atoms with Crippen molar-refractivity contribution in [3.8, 4) is 0 Å². The van der Waals surface area contributed by atoms with Crippen LogP contribution in [0, 0.1) is 36.3 Å². The van der Waals surface area contributed by atoms with Crippen LogP contribution in [0.5, 0.6) is 0 Å². The standard InChI is InChI=1S/C25H29F2N7/c1-16-10-24(29-15-28-16)32-13-17-4-5-18(14-32)20(17)12-23-30-25-33(8-2-3-9-34(25)31-23)19-6-7-21(26)22(27)11-19/h6-7,10-11,15,17-18,20H,2-5,8-9,12-14H2,1H3/t17-,18+,20?. The van der Waals surface area contributed by atoms with Gasteiger partial charge in [0.25, 0.3) is 0 Å². The van der Waals surface area contributed by atoms with Crippen LogP contribution in [-0.2, 0) is 13.0 Å². The molecular weight excluding hydrogens is 436 g/mol. The Kier molecular flexibility index (Phi) is 5.42. The van der Waals surface area contributed by atoms with Crippen molar-refractivity contribution in [1.29, 1.82) is 0 Å². The van der Waals surface area contributed by atoms with E-state index in [4.69, 9.17) is 10.1 Å². The third-order valence-electron chi connectivity index (χ3n) is 7.71. The van der Waals surface area contributed by atoms with Crippen molar-refractivity contribution in [1.82, 2.24) is 24.7 Å². The number of rotatable bonds is 4. The summed E-state index contributed by atoms with van der Waals surface area (Å²) in [6, 6.07) is 6.12. The molecule has 2 fully saturated rings. The lowest BCUT2D eigenvalue weighted by molar-refractivity contribution is 0.264. The summed E-state index contributed by atoms with van der Waals surface area (Å²) in [6.45, 7) is 5.52. The van der Waals surface area contributed by atoms with Crippen molar-refractivity contribution in [3.05, 3.63) is 53.7 Å². The molecule has 2 aromatic heterocycles. The quantitative estimate of drug-likeness (QED) is 0.573. The van der Waals surface area contributed by atoms with Crippen molar-refractivity contribution in [3.63, 3.8) is 0 Å². The molecule has 2 aliphatic heterocycles. The van der Waals surface area contributed by atoms with E-state index in [2.05, 4.69) is 20.9 Å². The highest BCUT2D eigenvalue weighted by atomic mass is 19.2. The highest BCUT2D eigenvalue weighted by Crippen LogP contribution is 2.44. The molecule has 0 amide bonds. The molecule has 3 aromatic rings. The second kappa shape index (κ2) is 8.60. The molecule has 4 heterocycles. The summed E-state index contributed by atoms with van der Waals surface area (Å²) in [5, 5.41) is 4.87. The van der Waals surface area contributed by atoms with Crippen LogP contribution in [0.3, 0.4) is 0 Å². The molecular formula is C25H29F2N7. The van der Waals surface area contributed by atoms with E-state index in [1.54, 1.807) is 12.4 Å². The number of fused-ring (bicyclic) bond motifs is 3. The van der Waals surface area contributed by atoms with Crippen molar-refractivity contribution < 1.29 is 8.78 Å². The fourth-order valence-corrected chi connectivity index (χ4v) is 6.02. The molecule has 1 aromatic carbocycles. The van der Waals surface area contributed by atoms with E-state index in [-0.39, 0.29) is 0 Å². The van der Waals surface area contributed by atoms with Gasteiger partial charge in [0.2, 0.25) is 5.95 Å². The number of hydrogen-bond donors (Lipinski definition) is 0. The van der Waals surface area contributed by atoms with Gasteiger partial charge < -0.3 is 9.80 Å². The van der Waals surface area contributed by atoms with Gasteiger partial charge in [-0.05, 0) is 62.5 Å². The maximum Gasteiger partial charge on any atom is 0.228 e. The summed E-state index contributed by atoms with van der Waals surface area (Å²) in [5.41, 5.74) is 1.61. The molecule has 3 atom stereocenters. The normalized spacial score (nSPS) is 24.3. The van der Waals surface area contributed by atoms with E-state index in [0.717, 1.165) is 62.2 Å². The fourth-order valence-electron chi connectivity index (χ4n) is 6.02. The Balaban J connectivity index is 1.22. The molecule has 3 aliphatic rings. The van der Waals surface area contributed by atoms with Crippen LogP contribution < -0.4 is 9.80 Å². The Morgan fingerprint density at radius 2 is 1.76 bits per heavy atom. The van der Waals surface area contributed by atoms with Gasteiger partial charge in [-0.25, -0.2) is 23.4 Å². The minimum absolute atomic E-state index is 0.558. The lowest BCUT2D eigenvalue weighted by Gasteiger charge is -2.38. The summed E-state index contributed by atoms with van der Waals surface area (Å²) in [4.78, 5) is 18.0. The first-order valence-corrected chi connectivity index (χ1v) is 12.2. The molecule has 1 aliphatic carbocycles. The lowest BCUT2D eigenvalue weighted by Crippen LogP contribution is -2.43. The van der Waals surface area contributed by atoms with Gasteiger partial charge >= 0.3 is 0 Å². The Bertz CT molecular complexity index is 1180. The number of benzene rings is 1. The smallest absolute Gasteiger partial charge is 0.228 e. The molecule has 0 spiro atoms. The molecule has 6 rings (SSSR count). The van der Waals surface area contributed by atoms with Crippen LogP contribution in [0.4, 0.5) is 26.2 Å². The van der Waals surface area contributed by atoms with Gasteiger partial charge in [0.15, 0.2) is 17.5 Å². The Morgan fingerprint density at radius 3 is 2.53 bits per heavy atom. The Hall–Kier alpha value is -3.10. The maximum absolute atomic E-state index is 13.9. The van der Waals surface area contributed by atoms with Crippen molar-refractivity contribution >= 4 is 17.5 Å². The van der Waals surface area contributed by atoms with E-state index in [1.165, 1.54) is 25.0 Å². The van der Waals surface area contributed by atoms with Crippen LogP contribution in [0.1, 0.15) is 37.2 Å². The first-order valence-electron chi connectivity index (χ1n) is 12.2. The predicted octanol–water partition coefficient (Wildman–Crippen LogP) is 4.29. The van der Waals surface area contributed by atoms with Crippen molar-refractivity contribution in [2.75, 3.05) is 29.4 Å². The van der Waals surface area contributed by atoms with Gasteiger partial charge in [0, 0.05) is 56.1 Å². The second-order valence-corrected chi connectivity index (χ2v) is 9.90. The van der Waals surface area contributed by atoms with Gasteiger partial charge in [-0.15, -0.1) is 0 Å². The number of aryl methyl sites for hydroxylation is 2. The number of halogens is 2. The molecule has 2 bridgehead atoms. The van der Waals surface area contributed by atoms with E-state index >= 15 is 0 Å². The summed E-state index contributed by atoms with van der Waals surface area (Å²) in [7, 11) is 0. The Labute approximate surface area is 197 Å². The van der Waals surface area contributed by atoms with E-state index in [9.17, 15) is 8.78 Å². The zero-order chi connectivity index (χ0) is 23.2. The average Bonchev–Trinajstić information content (AvgIpc) is 3.23. The van der Waals surface area contributed by atoms with Gasteiger partial charge in [-0.1, -0.05) is 0 Å². The lowest BCUT2D eigenvalue weighted by atomic mass is 9.82. The van der Waals surface area contributed by atoms with E-state index in [0.29, 0.717) is 30.0 Å². The average molecular weight is 466 g/mol. The van der Waals surface area contributed by atoms with Crippen molar-refractivity contribution in [2.24, 2.45) is 17.8 Å². The highest BCUT2D eigenvalue weighted by Gasteiger charge is 2.43. The number of aromatic nitrogens is 5. The minimum atomic E-state index is -0.838. The largest absolute Gasteiger partial charge is 0.356 e. The van der Waals surface area contributed by atoms with E-state index < -0.39 is 11.6 Å². The third kappa shape index (κ3) is 3.91. The topological polar surface area (TPSA) is 63.0 Å². The monoisotopic (exact) mass is 465 g/mol. The van der Waals surface area contributed by atoms with Crippen LogP contribution in [0.15, 0.2) is 30.6 Å². The summed E-state index contributed by atoms with van der Waals surface area (Å²) in [6.07, 6.45) is 6.90. The van der Waals surface area contributed by atoms with Gasteiger partial charge in [0.1, 0.15) is 12.1 Å². The molecule has 0 radical (unpaired) electrons. The summed E-state index contributed by atoms with van der Waals surface area (Å²) < 4.78 is 29.4. The molecule has 9 heteroatoms. The summed E-state index contributed by atoms with van der Waals surface area (Å²) >= 11 is 0. The van der Waals surface area contributed by atoms with Crippen LogP contribution in [0.25, 0.3) is 0 Å². The molecule has 1 saturated heterocycles. The zero-order valence-electron chi connectivity index (χ0n) is 19.4. The van der Waals surface area contributed by atoms with Gasteiger partial charge in [-0.3, -0.25) is 0 Å². The van der Waals surface area contributed by atoms with Gasteiger partial charge in [-0.2, -0.15) is 10.1 Å². The number of piperidine rings is 1. The van der Waals surface area contributed by atoms with E-state index in [1.807, 2.05) is 16.5 Å². The first kappa shape index (κ1) is 21.4. The number of hydrogen-bond acceptors (Lipinski definition) is 6.